The van der Waals surface area contributed by atoms with Crippen LogP contribution in [0.4, 0.5) is 79.0 Å². The zero-order valence-electron chi connectivity index (χ0n) is 14.8. The van der Waals surface area contributed by atoms with Crippen LogP contribution in [0.5, 0.6) is 0 Å². The third kappa shape index (κ3) is 5.84. The molecule has 0 aromatic rings. The van der Waals surface area contributed by atoms with Gasteiger partial charge in [-0.1, -0.05) is 0 Å². The Balaban J connectivity index is 3.54. The van der Waals surface area contributed by atoms with Crippen LogP contribution < -0.4 is 0 Å². The van der Waals surface area contributed by atoms with E-state index in [2.05, 4.69) is 9.47 Å². The highest BCUT2D eigenvalue weighted by Crippen LogP contribution is 2.49. The SMILES string of the molecule is FC(C(F)(F)F)C(F)(F)C1COC(C(F)(F)C(F)C(F)(F)F)C(C(F)(F)C(F)C(F)(F)F)O1. The topological polar surface area (TPSA) is 18.5 Å². The van der Waals surface area contributed by atoms with Crippen molar-refractivity contribution in [1.29, 1.82) is 0 Å². The van der Waals surface area contributed by atoms with Crippen LogP contribution in [0, 0.1) is 0 Å². The van der Waals surface area contributed by atoms with Crippen LogP contribution in [0.1, 0.15) is 0 Å². The second-order valence-corrected chi connectivity index (χ2v) is 6.54. The molecule has 0 radical (unpaired) electrons. The predicted molar refractivity (Wildman–Crippen MR) is 66.1 cm³/mol. The van der Waals surface area contributed by atoms with Crippen molar-refractivity contribution < 1.29 is 88.5 Å². The van der Waals surface area contributed by atoms with Gasteiger partial charge in [-0.2, -0.15) is 65.9 Å². The highest BCUT2D eigenvalue weighted by molar-refractivity contribution is 5.05. The Morgan fingerprint density at radius 1 is 0.485 bits per heavy atom. The first-order valence-electron chi connectivity index (χ1n) is 7.82. The summed E-state index contributed by atoms with van der Waals surface area (Å²) in [6.07, 6.45) is -50.0. The third-order valence-corrected chi connectivity index (χ3v) is 4.08. The largest absolute Gasteiger partial charge is 0.425 e. The van der Waals surface area contributed by atoms with E-state index in [-0.39, 0.29) is 0 Å². The van der Waals surface area contributed by atoms with E-state index in [1.807, 2.05) is 0 Å². The number of ether oxygens (including phenoxy) is 2. The average Bonchev–Trinajstić information content (AvgIpc) is 2.63. The van der Waals surface area contributed by atoms with Crippen molar-refractivity contribution >= 4 is 0 Å². The van der Waals surface area contributed by atoms with E-state index >= 15 is 0 Å². The number of halogens is 18. The lowest BCUT2D eigenvalue weighted by molar-refractivity contribution is -0.376. The van der Waals surface area contributed by atoms with Crippen LogP contribution in [0.3, 0.4) is 0 Å². The minimum atomic E-state index is -6.73. The smallest absolute Gasteiger partial charge is 0.366 e. The van der Waals surface area contributed by atoms with E-state index in [9.17, 15) is 79.0 Å². The van der Waals surface area contributed by atoms with Crippen LogP contribution in [0.2, 0.25) is 0 Å². The summed E-state index contributed by atoms with van der Waals surface area (Å²) in [5.74, 6) is -19.0. The molecule has 0 aliphatic carbocycles. The molecule has 1 saturated heterocycles. The Hall–Kier alpha value is -1.34. The molecular formula is C13H8F18O2. The maximum atomic E-state index is 13.9. The van der Waals surface area contributed by atoms with Gasteiger partial charge in [-0.3, -0.25) is 0 Å². The molecule has 0 bridgehead atoms. The molecule has 1 rings (SSSR count). The Morgan fingerprint density at radius 3 is 1.12 bits per heavy atom. The fourth-order valence-electron chi connectivity index (χ4n) is 2.48. The first-order valence-corrected chi connectivity index (χ1v) is 7.82. The monoisotopic (exact) mass is 538 g/mol. The van der Waals surface area contributed by atoms with Crippen molar-refractivity contribution in [3.05, 3.63) is 0 Å². The Labute approximate surface area is 169 Å². The summed E-state index contributed by atoms with van der Waals surface area (Å²) in [6.45, 7) is -2.57. The molecule has 0 aromatic carbocycles. The van der Waals surface area contributed by atoms with Crippen LogP contribution in [0.15, 0.2) is 0 Å². The van der Waals surface area contributed by atoms with Crippen LogP contribution >= 0.6 is 0 Å². The maximum Gasteiger partial charge on any atom is 0.425 e. The average molecular weight is 538 g/mol. The molecule has 1 heterocycles. The van der Waals surface area contributed by atoms with Gasteiger partial charge in [0.05, 0.1) is 6.61 Å². The molecule has 0 amide bonds. The van der Waals surface area contributed by atoms with Crippen molar-refractivity contribution in [3.8, 4) is 0 Å². The summed E-state index contributed by atoms with van der Waals surface area (Å²) in [4.78, 5) is 0. The van der Waals surface area contributed by atoms with Gasteiger partial charge >= 0.3 is 36.3 Å². The van der Waals surface area contributed by atoms with Crippen LogP contribution in [-0.2, 0) is 9.47 Å². The minimum Gasteiger partial charge on any atom is -0.366 e. The van der Waals surface area contributed by atoms with E-state index in [1.165, 1.54) is 0 Å². The predicted octanol–water partition coefficient (Wildman–Crippen LogP) is 5.75. The number of rotatable bonds is 6. The molecule has 6 unspecified atom stereocenters. The molecule has 1 aliphatic heterocycles. The quantitative estimate of drug-likeness (QED) is 0.402. The molecule has 0 aromatic heterocycles. The van der Waals surface area contributed by atoms with E-state index in [1.54, 1.807) is 0 Å². The lowest BCUT2D eigenvalue weighted by Gasteiger charge is -2.45. The van der Waals surface area contributed by atoms with Crippen molar-refractivity contribution in [2.75, 3.05) is 6.61 Å². The van der Waals surface area contributed by atoms with Gasteiger partial charge < -0.3 is 9.47 Å². The molecule has 6 atom stereocenters. The lowest BCUT2D eigenvalue weighted by atomic mass is 9.92. The van der Waals surface area contributed by atoms with E-state index in [4.69, 9.17) is 0 Å². The van der Waals surface area contributed by atoms with Gasteiger partial charge in [-0.25, -0.2) is 13.2 Å². The van der Waals surface area contributed by atoms with E-state index < -0.39 is 79.7 Å². The first-order chi connectivity index (χ1) is 14.3. The highest BCUT2D eigenvalue weighted by atomic mass is 19.4. The minimum absolute atomic E-state index is 2.57. The lowest BCUT2D eigenvalue weighted by Crippen LogP contribution is -2.68. The van der Waals surface area contributed by atoms with Gasteiger partial charge in [0.2, 0.25) is 0 Å². The maximum absolute atomic E-state index is 13.9. The van der Waals surface area contributed by atoms with Crippen molar-refractivity contribution in [2.45, 2.75) is 73.1 Å². The molecule has 33 heavy (non-hydrogen) atoms. The molecule has 1 fully saturated rings. The zero-order valence-corrected chi connectivity index (χ0v) is 14.8. The van der Waals surface area contributed by atoms with Gasteiger partial charge in [-0.15, -0.1) is 0 Å². The molecule has 1 aliphatic rings. The Bertz CT molecular complexity index is 666. The summed E-state index contributed by atoms with van der Waals surface area (Å²) in [5, 5.41) is 0. The molecule has 2 nitrogen and oxygen atoms in total. The zero-order chi connectivity index (χ0) is 26.6. The van der Waals surface area contributed by atoms with E-state index in [0.717, 1.165) is 0 Å². The number of hydrogen-bond donors (Lipinski definition) is 0. The van der Waals surface area contributed by atoms with Gasteiger partial charge in [0.1, 0.15) is 6.10 Å². The summed E-state index contributed by atoms with van der Waals surface area (Å²) < 4.78 is 240. The van der Waals surface area contributed by atoms with Crippen molar-refractivity contribution in [3.63, 3.8) is 0 Å². The van der Waals surface area contributed by atoms with Crippen LogP contribution in [-0.4, -0.2) is 79.7 Å². The van der Waals surface area contributed by atoms with Crippen molar-refractivity contribution in [1.82, 2.24) is 0 Å². The Morgan fingerprint density at radius 2 is 0.788 bits per heavy atom. The standard InChI is InChI=1S/C13H8F18O2/c14-5(11(23,24)25)8(17,18)2-1-32-3(9(19,20)6(15)12(26,27)28)4(33-2)10(21,22)7(16)13(29,30)31/h2-7H,1H2. The second kappa shape index (κ2) is 8.71. The molecule has 0 N–H and O–H groups in total. The fourth-order valence-corrected chi connectivity index (χ4v) is 2.48. The number of alkyl halides is 18. The molecule has 0 saturated carbocycles. The molecule has 0 spiro atoms. The second-order valence-electron chi connectivity index (χ2n) is 6.54. The van der Waals surface area contributed by atoms with Gasteiger partial charge in [0, 0.05) is 0 Å². The highest BCUT2D eigenvalue weighted by Gasteiger charge is 2.73. The summed E-state index contributed by atoms with van der Waals surface area (Å²) >= 11 is 0. The van der Waals surface area contributed by atoms with Crippen LogP contribution in [0.25, 0.3) is 0 Å². The third-order valence-electron chi connectivity index (χ3n) is 4.08. The molecule has 20 heteroatoms. The molecular weight excluding hydrogens is 530 g/mol. The Kier molecular flexibility index (Phi) is 7.83. The summed E-state index contributed by atoms with van der Waals surface area (Å²) in [6, 6.07) is 0. The normalized spacial score (nSPS) is 27.3. The fraction of sp³-hybridized carbons (Fsp3) is 1.00. The number of hydrogen-bond acceptors (Lipinski definition) is 2. The summed E-state index contributed by atoms with van der Waals surface area (Å²) in [5.41, 5.74) is 0. The first kappa shape index (κ1) is 29.7. The van der Waals surface area contributed by atoms with Gasteiger partial charge in [-0.05, 0) is 0 Å². The summed E-state index contributed by atoms with van der Waals surface area (Å²) in [7, 11) is 0. The van der Waals surface area contributed by atoms with E-state index in [0.29, 0.717) is 0 Å². The van der Waals surface area contributed by atoms with Gasteiger partial charge in [0.25, 0.3) is 18.5 Å². The molecule has 198 valence electrons. The van der Waals surface area contributed by atoms with Crippen molar-refractivity contribution in [2.24, 2.45) is 0 Å². The van der Waals surface area contributed by atoms with Gasteiger partial charge in [0.15, 0.2) is 12.2 Å².